The number of esters is 1. The Bertz CT molecular complexity index is 474. The fraction of sp³-hybridized carbons (Fsp3) is 0.214. The van der Waals surface area contributed by atoms with Crippen molar-refractivity contribution >= 4 is 5.97 Å². The van der Waals surface area contributed by atoms with Crippen molar-refractivity contribution in [3.05, 3.63) is 59.3 Å². The number of allylic oxidation sites excluding steroid dienone is 2. The van der Waals surface area contributed by atoms with Crippen LogP contribution in [0.2, 0.25) is 0 Å². The Morgan fingerprint density at radius 2 is 2.06 bits per heavy atom. The lowest BCUT2D eigenvalue weighted by atomic mass is 9.93. The molecule has 1 atom stereocenters. The van der Waals surface area contributed by atoms with Crippen LogP contribution in [0, 0.1) is 0 Å². The zero-order valence-corrected chi connectivity index (χ0v) is 9.72. The number of rotatable bonds is 3. The van der Waals surface area contributed by atoms with E-state index in [0.717, 1.165) is 5.56 Å². The van der Waals surface area contributed by atoms with E-state index in [1.165, 1.54) is 0 Å². The van der Waals surface area contributed by atoms with Crippen LogP contribution in [0.4, 0.5) is 0 Å². The number of carbonyl (C=O) groups is 1. The van der Waals surface area contributed by atoms with E-state index >= 15 is 0 Å². The second-order valence-electron chi connectivity index (χ2n) is 3.84. The van der Waals surface area contributed by atoms with Crippen LogP contribution in [-0.4, -0.2) is 12.6 Å². The molecule has 0 bridgehead atoms. The van der Waals surface area contributed by atoms with Gasteiger partial charge in [0.15, 0.2) is 0 Å². The first kappa shape index (κ1) is 11.5. The summed E-state index contributed by atoms with van der Waals surface area (Å²) >= 11 is 0. The molecule has 1 aromatic rings. The minimum absolute atomic E-state index is 0.0877. The zero-order valence-electron chi connectivity index (χ0n) is 9.72. The van der Waals surface area contributed by atoms with Crippen LogP contribution in [0.5, 0.6) is 0 Å². The van der Waals surface area contributed by atoms with E-state index in [2.05, 4.69) is 0 Å². The summed E-state index contributed by atoms with van der Waals surface area (Å²) in [6, 6.07) is 9.79. The summed E-state index contributed by atoms with van der Waals surface area (Å²) in [5.74, 6) is -0.417. The number of ether oxygens (including phenoxy) is 1. The molecule has 0 spiro atoms. The summed E-state index contributed by atoms with van der Waals surface area (Å²) in [5.41, 5.74) is 7.92. The van der Waals surface area contributed by atoms with Crippen molar-refractivity contribution < 1.29 is 9.53 Å². The summed E-state index contributed by atoms with van der Waals surface area (Å²) in [7, 11) is 0. The lowest BCUT2D eigenvalue weighted by Gasteiger charge is -2.13. The first-order valence-electron chi connectivity index (χ1n) is 5.64. The number of nitrogens with two attached hydrogens (primary N) is 1. The number of benzene rings is 1. The molecule has 0 aliphatic heterocycles. The third-order valence-electron chi connectivity index (χ3n) is 2.74. The van der Waals surface area contributed by atoms with Gasteiger partial charge in [-0.15, -0.1) is 0 Å². The molecule has 0 heterocycles. The predicted octanol–water partition coefficient (Wildman–Crippen LogP) is 2.12. The molecular weight excluding hydrogens is 214 g/mol. The van der Waals surface area contributed by atoms with Gasteiger partial charge in [0.25, 0.3) is 0 Å². The Morgan fingerprint density at radius 3 is 2.71 bits per heavy atom. The third-order valence-corrected chi connectivity index (χ3v) is 2.74. The minimum atomic E-state index is -0.330. The zero-order chi connectivity index (χ0) is 12.3. The number of hydrogen-bond acceptors (Lipinski definition) is 3. The molecular formula is C14H15NO2. The fourth-order valence-electron chi connectivity index (χ4n) is 1.96. The first-order chi connectivity index (χ1) is 8.24. The highest BCUT2D eigenvalue weighted by atomic mass is 16.5. The van der Waals surface area contributed by atoms with Crippen molar-refractivity contribution in [2.75, 3.05) is 6.61 Å². The molecule has 2 rings (SSSR count). The smallest absolute Gasteiger partial charge is 0.337 e. The molecule has 0 saturated carbocycles. The molecule has 0 amide bonds. The summed E-state index contributed by atoms with van der Waals surface area (Å²) in [6.45, 7) is 2.14. The molecule has 3 heteroatoms. The molecule has 17 heavy (non-hydrogen) atoms. The largest absolute Gasteiger partial charge is 0.463 e. The third kappa shape index (κ3) is 2.23. The van der Waals surface area contributed by atoms with Gasteiger partial charge in [-0.25, -0.2) is 4.79 Å². The van der Waals surface area contributed by atoms with Crippen LogP contribution in [-0.2, 0) is 9.53 Å². The number of hydrogen-bond donors (Lipinski definition) is 1. The maximum absolute atomic E-state index is 11.8. The average molecular weight is 229 g/mol. The normalized spacial score (nSPS) is 18.5. The van der Waals surface area contributed by atoms with E-state index in [4.69, 9.17) is 10.5 Å². The molecule has 1 unspecified atom stereocenters. The number of carbonyl (C=O) groups excluding carboxylic acids is 1. The highest BCUT2D eigenvalue weighted by molar-refractivity contribution is 5.93. The van der Waals surface area contributed by atoms with Crippen molar-refractivity contribution in [3.8, 4) is 0 Å². The standard InChI is InChI=1S/C14H15NO2/c1-2-17-14(16)13-11(8-9-12(13)15)10-6-4-3-5-7-10/h3-9,11H,2,15H2,1H3. The molecule has 0 radical (unpaired) electrons. The lowest BCUT2D eigenvalue weighted by molar-refractivity contribution is -0.138. The Labute approximate surface area is 101 Å². The highest BCUT2D eigenvalue weighted by Gasteiger charge is 2.27. The maximum Gasteiger partial charge on any atom is 0.337 e. The van der Waals surface area contributed by atoms with Crippen LogP contribution in [0.1, 0.15) is 18.4 Å². The van der Waals surface area contributed by atoms with Crippen LogP contribution >= 0.6 is 0 Å². The Morgan fingerprint density at radius 1 is 1.35 bits per heavy atom. The van der Waals surface area contributed by atoms with E-state index in [9.17, 15) is 4.79 Å². The second kappa shape index (κ2) is 4.87. The molecule has 1 aliphatic carbocycles. The van der Waals surface area contributed by atoms with Crippen molar-refractivity contribution in [3.63, 3.8) is 0 Å². The topological polar surface area (TPSA) is 52.3 Å². The molecule has 3 nitrogen and oxygen atoms in total. The van der Waals surface area contributed by atoms with Crippen LogP contribution in [0.3, 0.4) is 0 Å². The van der Waals surface area contributed by atoms with E-state index in [1.807, 2.05) is 36.4 Å². The summed E-state index contributed by atoms with van der Waals surface area (Å²) in [4.78, 5) is 11.8. The van der Waals surface area contributed by atoms with Gasteiger partial charge in [-0.3, -0.25) is 0 Å². The summed E-state index contributed by atoms with van der Waals surface area (Å²) in [6.07, 6.45) is 3.70. The molecule has 1 aliphatic rings. The van der Waals surface area contributed by atoms with Crippen LogP contribution in [0.15, 0.2) is 53.8 Å². The monoisotopic (exact) mass is 229 g/mol. The quantitative estimate of drug-likeness (QED) is 0.808. The van der Waals surface area contributed by atoms with Crippen molar-refractivity contribution in [2.45, 2.75) is 12.8 Å². The fourth-order valence-corrected chi connectivity index (χ4v) is 1.96. The Balaban J connectivity index is 2.31. The minimum Gasteiger partial charge on any atom is -0.463 e. The predicted molar refractivity (Wildman–Crippen MR) is 66.2 cm³/mol. The van der Waals surface area contributed by atoms with E-state index < -0.39 is 0 Å². The van der Waals surface area contributed by atoms with Crippen molar-refractivity contribution in [1.29, 1.82) is 0 Å². The van der Waals surface area contributed by atoms with Gasteiger partial charge in [0.1, 0.15) is 0 Å². The maximum atomic E-state index is 11.8. The van der Waals surface area contributed by atoms with E-state index in [0.29, 0.717) is 17.9 Å². The van der Waals surface area contributed by atoms with Crippen molar-refractivity contribution in [2.24, 2.45) is 5.73 Å². The van der Waals surface area contributed by atoms with Gasteiger partial charge < -0.3 is 10.5 Å². The summed E-state index contributed by atoms with van der Waals surface area (Å²) < 4.78 is 5.03. The van der Waals surface area contributed by atoms with Gasteiger partial charge in [-0.2, -0.15) is 0 Å². The molecule has 1 aromatic carbocycles. The van der Waals surface area contributed by atoms with Gasteiger partial charge in [-0.1, -0.05) is 36.4 Å². The van der Waals surface area contributed by atoms with Gasteiger partial charge in [0, 0.05) is 11.6 Å². The Hall–Kier alpha value is -2.03. The van der Waals surface area contributed by atoms with Gasteiger partial charge in [0.05, 0.1) is 12.2 Å². The molecule has 88 valence electrons. The lowest BCUT2D eigenvalue weighted by Crippen LogP contribution is -2.15. The van der Waals surface area contributed by atoms with Crippen molar-refractivity contribution in [1.82, 2.24) is 0 Å². The van der Waals surface area contributed by atoms with E-state index in [1.54, 1.807) is 13.0 Å². The SMILES string of the molecule is CCOC(=O)C1=C(N)C=CC1c1ccccc1. The van der Waals surface area contributed by atoms with Gasteiger partial charge in [-0.05, 0) is 18.6 Å². The average Bonchev–Trinajstić information content (AvgIpc) is 2.73. The first-order valence-corrected chi connectivity index (χ1v) is 5.64. The second-order valence-corrected chi connectivity index (χ2v) is 3.84. The van der Waals surface area contributed by atoms with Crippen LogP contribution < -0.4 is 5.73 Å². The highest BCUT2D eigenvalue weighted by Crippen LogP contribution is 2.32. The van der Waals surface area contributed by atoms with Gasteiger partial charge >= 0.3 is 5.97 Å². The molecule has 0 aromatic heterocycles. The van der Waals surface area contributed by atoms with Gasteiger partial charge in [0.2, 0.25) is 0 Å². The molecule has 0 fully saturated rings. The Kier molecular flexibility index (Phi) is 3.28. The molecule has 2 N–H and O–H groups in total. The van der Waals surface area contributed by atoms with Crippen LogP contribution in [0.25, 0.3) is 0 Å². The molecule has 0 saturated heterocycles. The summed E-state index contributed by atoms with van der Waals surface area (Å²) in [5, 5.41) is 0. The van der Waals surface area contributed by atoms with E-state index in [-0.39, 0.29) is 11.9 Å².